The fourth-order valence-electron chi connectivity index (χ4n) is 4.14. The molecule has 2 aromatic heterocycles. The van der Waals surface area contributed by atoms with Crippen molar-refractivity contribution in [2.45, 2.75) is 19.2 Å². The molecule has 2 heterocycles. The third kappa shape index (κ3) is 7.13. The van der Waals surface area contributed by atoms with Gasteiger partial charge in [-0.25, -0.2) is 33.3 Å². The van der Waals surface area contributed by atoms with Crippen LogP contribution in [0.2, 0.25) is 5.02 Å². The van der Waals surface area contributed by atoms with Crippen molar-refractivity contribution >= 4 is 38.6 Å². The number of esters is 1. The van der Waals surface area contributed by atoms with E-state index < -0.39 is 33.7 Å². The first-order valence-corrected chi connectivity index (χ1v) is 15.5. The highest BCUT2D eigenvalue weighted by molar-refractivity contribution is 8.32. The predicted octanol–water partition coefficient (Wildman–Crippen LogP) is 5.73. The standard InChI is InChI=1S/C28H31ClF2N4O3S/c1-37-28(36)22-12-18(5-6-23(22)29)21-14-26-25(15-33-35(26)16-38-7-8-39(2,3)4)34-27(21)24(32)11-17-9-19(30)13-20(31)10-17/h5-6,9-10,12-15,24H,7-8,11,16,32H2,1-4H3/t24-/m0/s1. The first-order chi connectivity index (χ1) is 18.4. The highest BCUT2D eigenvalue weighted by Crippen LogP contribution is 2.35. The monoisotopic (exact) mass is 576 g/mol. The van der Waals surface area contributed by atoms with Crippen LogP contribution in [-0.4, -0.2) is 59.0 Å². The Morgan fingerprint density at radius 1 is 1.13 bits per heavy atom. The fourth-order valence-corrected chi connectivity index (χ4v) is 4.95. The molecule has 0 saturated heterocycles. The maximum absolute atomic E-state index is 13.8. The number of fused-ring (bicyclic) bond motifs is 1. The molecule has 0 spiro atoms. The molecule has 0 aliphatic carbocycles. The number of benzene rings is 2. The van der Waals surface area contributed by atoms with Crippen LogP contribution in [0.5, 0.6) is 0 Å². The van der Waals surface area contributed by atoms with Crippen molar-refractivity contribution < 1.29 is 23.0 Å². The summed E-state index contributed by atoms with van der Waals surface area (Å²) in [6.07, 6.45) is 8.44. The molecule has 7 nitrogen and oxygen atoms in total. The molecule has 0 radical (unpaired) electrons. The summed E-state index contributed by atoms with van der Waals surface area (Å²) in [5, 5.41) is 4.68. The molecule has 0 aliphatic heterocycles. The van der Waals surface area contributed by atoms with E-state index in [0.717, 1.165) is 11.8 Å². The van der Waals surface area contributed by atoms with Crippen LogP contribution < -0.4 is 5.73 Å². The van der Waals surface area contributed by atoms with Crippen molar-refractivity contribution in [1.29, 1.82) is 0 Å². The average molecular weight is 577 g/mol. The van der Waals surface area contributed by atoms with E-state index in [2.05, 4.69) is 23.9 Å². The van der Waals surface area contributed by atoms with E-state index in [1.54, 1.807) is 29.1 Å². The summed E-state index contributed by atoms with van der Waals surface area (Å²) in [5.74, 6) is -0.987. The number of hydrogen-bond donors (Lipinski definition) is 1. The lowest BCUT2D eigenvalue weighted by Crippen LogP contribution is -2.17. The van der Waals surface area contributed by atoms with Gasteiger partial charge < -0.3 is 15.2 Å². The summed E-state index contributed by atoms with van der Waals surface area (Å²) in [7, 11) is 0.586. The number of halogens is 3. The van der Waals surface area contributed by atoms with Crippen LogP contribution in [0.3, 0.4) is 0 Å². The van der Waals surface area contributed by atoms with Gasteiger partial charge in [0.15, 0.2) is 0 Å². The number of aromatic nitrogens is 3. The minimum absolute atomic E-state index is 0.129. The Labute approximate surface area is 232 Å². The number of rotatable bonds is 10. The Kier molecular flexibility index (Phi) is 8.90. The number of methoxy groups -OCH3 is 1. The fraction of sp³-hybridized carbons (Fsp3) is 0.321. The quantitative estimate of drug-likeness (QED) is 0.192. The van der Waals surface area contributed by atoms with E-state index >= 15 is 0 Å². The van der Waals surface area contributed by atoms with E-state index in [9.17, 15) is 13.6 Å². The van der Waals surface area contributed by atoms with Gasteiger partial charge in [-0.3, -0.25) is 0 Å². The largest absolute Gasteiger partial charge is 0.465 e. The van der Waals surface area contributed by atoms with Crippen LogP contribution in [0.15, 0.2) is 48.7 Å². The molecule has 0 saturated carbocycles. The zero-order chi connectivity index (χ0) is 28.3. The number of carbonyl (C=O) groups excluding carboxylic acids is 1. The topological polar surface area (TPSA) is 92.3 Å². The van der Waals surface area contributed by atoms with E-state index in [1.807, 2.05) is 6.07 Å². The first-order valence-electron chi connectivity index (χ1n) is 12.1. The zero-order valence-electron chi connectivity index (χ0n) is 22.2. The molecule has 0 unspecified atom stereocenters. The zero-order valence-corrected chi connectivity index (χ0v) is 23.8. The summed E-state index contributed by atoms with van der Waals surface area (Å²) in [6.45, 7) is 0.843. The second kappa shape index (κ2) is 12.0. The molecular weight excluding hydrogens is 546 g/mol. The summed E-state index contributed by atoms with van der Waals surface area (Å²) in [5.41, 5.74) is 10.2. The van der Waals surface area contributed by atoms with Gasteiger partial charge in [0, 0.05) is 17.4 Å². The Hall–Kier alpha value is -3.05. The van der Waals surface area contributed by atoms with Crippen LogP contribution >= 0.6 is 21.6 Å². The van der Waals surface area contributed by atoms with Crippen molar-refractivity contribution in [2.75, 3.05) is 38.2 Å². The minimum Gasteiger partial charge on any atom is -0.465 e. The molecule has 39 heavy (non-hydrogen) atoms. The number of ether oxygens (including phenoxy) is 2. The minimum atomic E-state index is -0.725. The van der Waals surface area contributed by atoms with E-state index in [-0.39, 0.29) is 23.7 Å². The maximum atomic E-state index is 13.8. The third-order valence-electron chi connectivity index (χ3n) is 6.12. The molecule has 2 aromatic carbocycles. The van der Waals surface area contributed by atoms with Gasteiger partial charge in [-0.1, -0.05) is 17.7 Å². The van der Waals surface area contributed by atoms with Crippen LogP contribution in [0.4, 0.5) is 8.78 Å². The van der Waals surface area contributed by atoms with E-state index in [0.29, 0.717) is 40.0 Å². The summed E-state index contributed by atoms with van der Waals surface area (Å²) < 4.78 is 40.2. The van der Waals surface area contributed by atoms with Crippen LogP contribution in [0.25, 0.3) is 22.2 Å². The van der Waals surface area contributed by atoms with E-state index in [4.69, 9.17) is 31.8 Å². The van der Waals surface area contributed by atoms with Gasteiger partial charge in [-0.2, -0.15) is 5.10 Å². The molecule has 11 heteroatoms. The Bertz CT molecular complexity index is 1490. The number of nitrogens with zero attached hydrogens (tertiary/aromatic N) is 3. The number of carbonyl (C=O) groups is 1. The maximum Gasteiger partial charge on any atom is 0.339 e. The van der Waals surface area contributed by atoms with Gasteiger partial charge in [0.2, 0.25) is 0 Å². The predicted molar refractivity (Wildman–Crippen MR) is 152 cm³/mol. The average Bonchev–Trinajstić information content (AvgIpc) is 3.26. The molecule has 4 rings (SSSR count). The number of hydrogen-bond acceptors (Lipinski definition) is 6. The van der Waals surface area contributed by atoms with Crippen molar-refractivity contribution in [3.05, 3.63) is 82.1 Å². The third-order valence-corrected chi connectivity index (χ3v) is 7.84. The second-order valence-electron chi connectivity index (χ2n) is 10.1. The van der Waals surface area contributed by atoms with Gasteiger partial charge in [-0.15, -0.1) is 0 Å². The number of nitrogens with two attached hydrogens (primary N) is 1. The van der Waals surface area contributed by atoms with E-state index in [1.165, 1.54) is 19.2 Å². The molecule has 0 bridgehead atoms. The second-order valence-corrected chi connectivity index (χ2v) is 15.1. The molecule has 0 fully saturated rings. The molecule has 2 N–H and O–H groups in total. The molecule has 208 valence electrons. The van der Waals surface area contributed by atoms with Gasteiger partial charge in [-0.05, 0) is 66.6 Å². The molecule has 4 aromatic rings. The highest BCUT2D eigenvalue weighted by atomic mass is 35.5. The smallest absolute Gasteiger partial charge is 0.339 e. The van der Waals surface area contributed by atoms with Gasteiger partial charge in [0.05, 0.1) is 47.8 Å². The normalized spacial score (nSPS) is 13.0. The van der Waals surface area contributed by atoms with Gasteiger partial charge in [0.25, 0.3) is 0 Å². The van der Waals surface area contributed by atoms with Gasteiger partial charge >= 0.3 is 5.97 Å². The molecular formula is C28H31ClF2N4O3S. The van der Waals surface area contributed by atoms with Crippen molar-refractivity contribution in [3.8, 4) is 11.1 Å². The Morgan fingerprint density at radius 3 is 2.51 bits per heavy atom. The summed E-state index contributed by atoms with van der Waals surface area (Å²) in [6, 6.07) is 9.40. The summed E-state index contributed by atoms with van der Waals surface area (Å²) >= 11 is 6.26. The Morgan fingerprint density at radius 2 is 1.85 bits per heavy atom. The van der Waals surface area contributed by atoms with Crippen molar-refractivity contribution in [3.63, 3.8) is 0 Å². The molecule has 0 aliphatic rings. The Balaban J connectivity index is 1.77. The lowest BCUT2D eigenvalue weighted by molar-refractivity contribution is 0.0601. The van der Waals surface area contributed by atoms with Crippen molar-refractivity contribution in [1.82, 2.24) is 14.8 Å². The number of pyridine rings is 1. The van der Waals surface area contributed by atoms with Crippen LogP contribution in [0, 0.1) is 11.6 Å². The van der Waals surface area contributed by atoms with Gasteiger partial charge in [0.1, 0.15) is 23.9 Å². The highest BCUT2D eigenvalue weighted by Gasteiger charge is 2.21. The van der Waals surface area contributed by atoms with Crippen LogP contribution in [0.1, 0.15) is 27.7 Å². The first kappa shape index (κ1) is 28.9. The summed E-state index contributed by atoms with van der Waals surface area (Å²) in [4.78, 5) is 17.1. The van der Waals surface area contributed by atoms with Crippen molar-refractivity contribution in [2.24, 2.45) is 5.73 Å². The molecule has 0 amide bonds. The van der Waals surface area contributed by atoms with Crippen LogP contribution in [-0.2, 0) is 22.6 Å². The molecule has 1 atom stereocenters. The SMILES string of the molecule is COC(=O)c1cc(-c2cc3c(cnn3COCCS(C)(C)C)nc2[C@@H](N)Cc2cc(F)cc(F)c2)ccc1Cl. The lowest BCUT2D eigenvalue weighted by Gasteiger charge is -2.24. The lowest BCUT2D eigenvalue weighted by atomic mass is 9.94.